The molecular formula is C10H10BrClN2O. The van der Waals surface area contributed by atoms with Crippen LogP contribution in [0.25, 0.3) is 5.65 Å². The minimum absolute atomic E-state index is 0.509. The van der Waals surface area contributed by atoms with Gasteiger partial charge in [0.15, 0.2) is 5.65 Å². The van der Waals surface area contributed by atoms with E-state index < -0.39 is 6.10 Å². The number of pyridine rings is 1. The van der Waals surface area contributed by atoms with E-state index in [0.29, 0.717) is 17.1 Å². The average Bonchev–Trinajstić information content (AvgIpc) is 2.60. The minimum atomic E-state index is -0.509. The number of aliphatic hydroxyl groups excluding tert-OH is 1. The second kappa shape index (κ2) is 4.12. The molecule has 1 N–H and O–H groups in total. The molecule has 0 fully saturated rings. The summed E-state index contributed by atoms with van der Waals surface area (Å²) in [5.74, 6) is 0. The first kappa shape index (κ1) is 10.9. The minimum Gasteiger partial charge on any atom is -0.387 e. The fraction of sp³-hybridized carbons (Fsp3) is 0.300. The van der Waals surface area contributed by atoms with Crippen LogP contribution in [0.15, 0.2) is 22.9 Å². The summed E-state index contributed by atoms with van der Waals surface area (Å²) in [6.07, 6.45) is 3.65. The number of fused-ring (bicyclic) bond motifs is 1. The van der Waals surface area contributed by atoms with Crippen molar-refractivity contribution in [2.24, 2.45) is 0 Å². The zero-order chi connectivity index (χ0) is 11.0. The van der Waals surface area contributed by atoms with Crippen LogP contribution in [0.2, 0.25) is 5.02 Å². The molecule has 0 aliphatic carbocycles. The number of aromatic nitrogens is 2. The molecule has 80 valence electrons. The molecule has 2 heterocycles. The normalized spacial score (nSPS) is 13.3. The standard InChI is InChI=1S/C10H10BrClN2O/c1-2-9(15)8-4-13-10-7(12)3-6(11)5-14(8)10/h3-5,9,15H,2H2,1H3. The van der Waals surface area contributed by atoms with Crippen LogP contribution < -0.4 is 0 Å². The molecule has 3 nitrogen and oxygen atoms in total. The van der Waals surface area contributed by atoms with Gasteiger partial charge in [0.25, 0.3) is 0 Å². The number of halogens is 2. The highest BCUT2D eigenvalue weighted by Crippen LogP contribution is 2.25. The van der Waals surface area contributed by atoms with Crippen LogP contribution in [-0.4, -0.2) is 14.5 Å². The lowest BCUT2D eigenvalue weighted by molar-refractivity contribution is 0.168. The van der Waals surface area contributed by atoms with E-state index in [2.05, 4.69) is 20.9 Å². The van der Waals surface area contributed by atoms with Gasteiger partial charge >= 0.3 is 0 Å². The Balaban J connectivity index is 2.68. The predicted molar refractivity (Wildman–Crippen MR) is 63.2 cm³/mol. The highest BCUT2D eigenvalue weighted by molar-refractivity contribution is 9.10. The number of hydrogen-bond donors (Lipinski definition) is 1. The van der Waals surface area contributed by atoms with Crippen molar-refractivity contribution in [1.82, 2.24) is 9.38 Å². The molecule has 2 aromatic heterocycles. The predicted octanol–water partition coefficient (Wildman–Crippen LogP) is 3.19. The maximum atomic E-state index is 9.78. The molecule has 0 amide bonds. The van der Waals surface area contributed by atoms with Crippen LogP contribution in [0.4, 0.5) is 0 Å². The molecule has 0 bridgehead atoms. The third-order valence-electron chi connectivity index (χ3n) is 2.28. The lowest BCUT2D eigenvalue weighted by Crippen LogP contribution is -2.00. The van der Waals surface area contributed by atoms with Gasteiger partial charge in [-0.15, -0.1) is 0 Å². The summed E-state index contributed by atoms with van der Waals surface area (Å²) < 4.78 is 2.67. The van der Waals surface area contributed by atoms with E-state index in [4.69, 9.17) is 11.6 Å². The van der Waals surface area contributed by atoms with Crippen molar-refractivity contribution >= 4 is 33.2 Å². The fourth-order valence-corrected chi connectivity index (χ4v) is 2.31. The molecule has 0 radical (unpaired) electrons. The maximum Gasteiger partial charge on any atom is 0.155 e. The largest absolute Gasteiger partial charge is 0.387 e. The third kappa shape index (κ3) is 1.89. The van der Waals surface area contributed by atoms with Crippen LogP contribution in [0.1, 0.15) is 25.1 Å². The molecular weight excluding hydrogens is 279 g/mol. The molecule has 2 rings (SSSR count). The maximum absolute atomic E-state index is 9.78. The SMILES string of the molecule is CCC(O)c1cnc2c(Cl)cc(Br)cn12. The monoisotopic (exact) mass is 288 g/mol. The van der Waals surface area contributed by atoms with Crippen molar-refractivity contribution in [3.8, 4) is 0 Å². The smallest absolute Gasteiger partial charge is 0.155 e. The molecule has 15 heavy (non-hydrogen) atoms. The third-order valence-corrected chi connectivity index (χ3v) is 3.00. The summed E-state index contributed by atoms with van der Waals surface area (Å²) >= 11 is 9.39. The zero-order valence-electron chi connectivity index (χ0n) is 8.11. The van der Waals surface area contributed by atoms with E-state index in [1.165, 1.54) is 0 Å². The quantitative estimate of drug-likeness (QED) is 0.922. The van der Waals surface area contributed by atoms with Crippen molar-refractivity contribution in [2.45, 2.75) is 19.4 Å². The zero-order valence-corrected chi connectivity index (χ0v) is 10.5. The number of hydrogen-bond acceptors (Lipinski definition) is 2. The molecule has 0 spiro atoms. The Labute approximate surface area is 101 Å². The molecule has 0 aliphatic heterocycles. The molecule has 1 atom stereocenters. The first-order valence-corrected chi connectivity index (χ1v) is 5.80. The lowest BCUT2D eigenvalue weighted by atomic mass is 10.2. The van der Waals surface area contributed by atoms with E-state index in [0.717, 1.165) is 10.2 Å². The molecule has 0 saturated heterocycles. The van der Waals surface area contributed by atoms with E-state index in [9.17, 15) is 5.11 Å². The van der Waals surface area contributed by atoms with Gasteiger partial charge in [-0.1, -0.05) is 18.5 Å². The van der Waals surface area contributed by atoms with Gasteiger partial charge in [0.05, 0.1) is 23.0 Å². The van der Waals surface area contributed by atoms with Crippen LogP contribution in [-0.2, 0) is 0 Å². The second-order valence-electron chi connectivity index (χ2n) is 3.31. The number of imidazole rings is 1. The summed E-state index contributed by atoms with van der Waals surface area (Å²) in [7, 11) is 0. The average molecular weight is 290 g/mol. The highest BCUT2D eigenvalue weighted by Gasteiger charge is 2.13. The molecule has 1 unspecified atom stereocenters. The number of rotatable bonds is 2. The Kier molecular flexibility index (Phi) is 3.00. The van der Waals surface area contributed by atoms with Crippen molar-refractivity contribution in [1.29, 1.82) is 0 Å². The Hall–Kier alpha value is -0.580. The van der Waals surface area contributed by atoms with Gasteiger partial charge in [-0.3, -0.25) is 4.40 Å². The van der Waals surface area contributed by atoms with Crippen LogP contribution in [0.3, 0.4) is 0 Å². The second-order valence-corrected chi connectivity index (χ2v) is 4.63. The van der Waals surface area contributed by atoms with Gasteiger partial charge in [-0.25, -0.2) is 4.98 Å². The summed E-state index contributed by atoms with van der Waals surface area (Å²) in [5, 5.41) is 10.3. The summed E-state index contributed by atoms with van der Waals surface area (Å²) in [6.45, 7) is 1.92. The summed E-state index contributed by atoms with van der Waals surface area (Å²) in [6, 6.07) is 1.78. The van der Waals surface area contributed by atoms with E-state index >= 15 is 0 Å². The van der Waals surface area contributed by atoms with Gasteiger partial charge in [0.1, 0.15) is 0 Å². The van der Waals surface area contributed by atoms with Gasteiger partial charge in [-0.05, 0) is 28.4 Å². The van der Waals surface area contributed by atoms with Gasteiger partial charge in [0.2, 0.25) is 0 Å². The van der Waals surface area contributed by atoms with E-state index in [-0.39, 0.29) is 0 Å². The fourth-order valence-electron chi connectivity index (χ4n) is 1.49. The van der Waals surface area contributed by atoms with Gasteiger partial charge in [0, 0.05) is 10.7 Å². The molecule has 2 aromatic rings. The summed E-state index contributed by atoms with van der Waals surface area (Å²) in [5.41, 5.74) is 1.43. The molecule has 5 heteroatoms. The van der Waals surface area contributed by atoms with Crippen LogP contribution in [0.5, 0.6) is 0 Å². The molecule has 0 saturated carbocycles. The molecule has 0 aliphatic rings. The van der Waals surface area contributed by atoms with Gasteiger partial charge < -0.3 is 5.11 Å². The Morgan fingerprint density at radius 2 is 2.40 bits per heavy atom. The first-order valence-electron chi connectivity index (χ1n) is 4.63. The van der Waals surface area contributed by atoms with Crippen molar-refractivity contribution in [3.63, 3.8) is 0 Å². The van der Waals surface area contributed by atoms with Crippen LogP contribution in [0, 0.1) is 0 Å². The van der Waals surface area contributed by atoms with Crippen LogP contribution >= 0.6 is 27.5 Å². The van der Waals surface area contributed by atoms with E-state index in [1.807, 2.05) is 13.1 Å². The molecule has 0 aromatic carbocycles. The van der Waals surface area contributed by atoms with Crippen molar-refractivity contribution < 1.29 is 5.11 Å². The lowest BCUT2D eigenvalue weighted by Gasteiger charge is -2.07. The van der Waals surface area contributed by atoms with Crippen molar-refractivity contribution in [3.05, 3.63) is 33.6 Å². The number of aliphatic hydroxyl groups is 1. The Morgan fingerprint density at radius 3 is 3.07 bits per heavy atom. The summed E-state index contributed by atoms with van der Waals surface area (Å²) in [4.78, 5) is 4.18. The van der Waals surface area contributed by atoms with E-state index in [1.54, 1.807) is 16.7 Å². The number of nitrogens with zero attached hydrogens (tertiary/aromatic N) is 2. The Morgan fingerprint density at radius 1 is 1.67 bits per heavy atom. The first-order chi connectivity index (χ1) is 7.13. The highest BCUT2D eigenvalue weighted by atomic mass is 79.9. The van der Waals surface area contributed by atoms with Crippen molar-refractivity contribution in [2.75, 3.05) is 0 Å². The Bertz CT molecular complexity index is 497. The topological polar surface area (TPSA) is 37.5 Å². The van der Waals surface area contributed by atoms with Gasteiger partial charge in [-0.2, -0.15) is 0 Å².